The van der Waals surface area contributed by atoms with E-state index in [1.165, 1.54) is 7.11 Å². The first-order valence-electron chi connectivity index (χ1n) is 7.97. The van der Waals surface area contributed by atoms with Gasteiger partial charge < -0.3 is 14.8 Å². The molecule has 1 fully saturated rings. The van der Waals surface area contributed by atoms with Crippen molar-refractivity contribution in [2.45, 2.75) is 6.92 Å². The fraction of sp³-hybridized carbons (Fsp3) is 0.158. The Morgan fingerprint density at radius 1 is 1.19 bits per heavy atom. The molecule has 3 rings (SSSR count). The number of para-hydroxylation sites is 1. The van der Waals surface area contributed by atoms with Crippen LogP contribution in [0.2, 0.25) is 5.02 Å². The SMILES string of the molecule is CCOc1c(Cl)cc(/C=C2/NC(=O)N(c3ccccc3)C2=O)cc1OC. The average molecular weight is 373 g/mol. The van der Waals surface area contributed by atoms with E-state index < -0.39 is 11.9 Å². The lowest BCUT2D eigenvalue weighted by Gasteiger charge is -2.12. The third kappa shape index (κ3) is 3.36. The summed E-state index contributed by atoms with van der Waals surface area (Å²) in [5.74, 6) is 0.444. The molecule has 0 aliphatic carbocycles. The van der Waals surface area contributed by atoms with Crippen LogP contribution in [0.15, 0.2) is 48.2 Å². The zero-order valence-electron chi connectivity index (χ0n) is 14.3. The van der Waals surface area contributed by atoms with Crippen LogP contribution in [0.3, 0.4) is 0 Å². The number of nitrogens with one attached hydrogen (secondary N) is 1. The number of benzene rings is 2. The first kappa shape index (κ1) is 17.8. The number of rotatable bonds is 5. The van der Waals surface area contributed by atoms with E-state index in [0.717, 1.165) is 4.90 Å². The van der Waals surface area contributed by atoms with Gasteiger partial charge >= 0.3 is 6.03 Å². The Morgan fingerprint density at radius 2 is 1.92 bits per heavy atom. The first-order valence-corrected chi connectivity index (χ1v) is 8.35. The second-order valence-corrected chi connectivity index (χ2v) is 5.84. The average Bonchev–Trinajstić information content (AvgIpc) is 2.91. The van der Waals surface area contributed by atoms with Gasteiger partial charge in [-0.1, -0.05) is 29.8 Å². The number of imide groups is 1. The molecule has 0 saturated carbocycles. The normalized spacial score (nSPS) is 15.3. The van der Waals surface area contributed by atoms with Crippen molar-refractivity contribution in [1.29, 1.82) is 0 Å². The first-order chi connectivity index (χ1) is 12.5. The highest BCUT2D eigenvalue weighted by molar-refractivity contribution is 6.32. The van der Waals surface area contributed by atoms with Gasteiger partial charge in [0.25, 0.3) is 5.91 Å². The number of urea groups is 1. The third-order valence-electron chi connectivity index (χ3n) is 3.74. The molecule has 0 atom stereocenters. The summed E-state index contributed by atoms with van der Waals surface area (Å²) in [5.41, 5.74) is 1.26. The van der Waals surface area contributed by atoms with Crippen LogP contribution in [0.1, 0.15) is 12.5 Å². The molecule has 1 N–H and O–H groups in total. The lowest BCUT2D eigenvalue weighted by molar-refractivity contribution is -0.113. The number of halogens is 1. The van der Waals surface area contributed by atoms with Crippen LogP contribution < -0.4 is 19.7 Å². The van der Waals surface area contributed by atoms with Gasteiger partial charge in [-0.3, -0.25) is 4.79 Å². The van der Waals surface area contributed by atoms with E-state index in [1.807, 2.05) is 13.0 Å². The molecule has 6 nitrogen and oxygen atoms in total. The summed E-state index contributed by atoms with van der Waals surface area (Å²) in [6.07, 6.45) is 1.55. The van der Waals surface area contributed by atoms with Crippen molar-refractivity contribution in [3.05, 3.63) is 58.7 Å². The van der Waals surface area contributed by atoms with Crippen LogP contribution in [0.25, 0.3) is 6.08 Å². The van der Waals surface area contributed by atoms with Gasteiger partial charge in [0.05, 0.1) is 24.4 Å². The zero-order chi connectivity index (χ0) is 18.7. The molecule has 0 unspecified atom stereocenters. The van der Waals surface area contributed by atoms with Crippen LogP contribution in [0, 0.1) is 0 Å². The van der Waals surface area contributed by atoms with Gasteiger partial charge in [-0.2, -0.15) is 0 Å². The van der Waals surface area contributed by atoms with Gasteiger partial charge in [0.1, 0.15) is 5.70 Å². The molecule has 2 aromatic rings. The Morgan fingerprint density at radius 3 is 2.58 bits per heavy atom. The standard InChI is InChI=1S/C19H17ClN2O4/c1-3-26-17-14(20)9-12(11-16(17)25-2)10-15-18(23)22(19(24)21-15)13-7-5-4-6-8-13/h4-11H,3H2,1-2H3,(H,21,24)/b15-10+. The van der Waals surface area contributed by atoms with Crippen LogP contribution >= 0.6 is 11.6 Å². The monoisotopic (exact) mass is 372 g/mol. The van der Waals surface area contributed by atoms with Crippen LogP contribution in [0.4, 0.5) is 10.5 Å². The molecule has 7 heteroatoms. The van der Waals surface area contributed by atoms with Gasteiger partial charge in [-0.15, -0.1) is 0 Å². The van der Waals surface area contributed by atoms with Crippen molar-refractivity contribution in [3.8, 4) is 11.5 Å². The molecule has 1 saturated heterocycles. The van der Waals surface area contributed by atoms with Gasteiger partial charge in [-0.25, -0.2) is 9.69 Å². The molecule has 1 aliphatic rings. The number of hydrogen-bond acceptors (Lipinski definition) is 4. The molecule has 0 spiro atoms. The Kier molecular flexibility index (Phi) is 5.14. The van der Waals surface area contributed by atoms with Crippen LogP contribution in [0.5, 0.6) is 11.5 Å². The molecule has 3 amide bonds. The van der Waals surface area contributed by atoms with Crippen molar-refractivity contribution in [2.24, 2.45) is 0 Å². The highest BCUT2D eigenvalue weighted by Crippen LogP contribution is 2.37. The Bertz CT molecular complexity index is 881. The number of anilines is 1. The second-order valence-electron chi connectivity index (χ2n) is 5.43. The van der Waals surface area contributed by atoms with E-state index in [2.05, 4.69) is 5.32 Å². The minimum absolute atomic E-state index is 0.154. The van der Waals surface area contributed by atoms with Crippen molar-refractivity contribution in [1.82, 2.24) is 5.32 Å². The third-order valence-corrected chi connectivity index (χ3v) is 4.02. The van der Waals surface area contributed by atoms with Crippen molar-refractivity contribution in [2.75, 3.05) is 18.6 Å². The maximum Gasteiger partial charge on any atom is 0.333 e. The fourth-order valence-electron chi connectivity index (χ4n) is 2.62. The van der Waals surface area contributed by atoms with Gasteiger partial charge in [0, 0.05) is 0 Å². The summed E-state index contributed by atoms with van der Waals surface area (Å²) < 4.78 is 10.8. The quantitative estimate of drug-likeness (QED) is 0.639. The molecular formula is C19H17ClN2O4. The molecule has 134 valence electrons. The van der Waals surface area contributed by atoms with Gasteiger partial charge in [0.15, 0.2) is 11.5 Å². The Balaban J connectivity index is 1.95. The minimum Gasteiger partial charge on any atom is -0.493 e. The molecule has 0 aromatic heterocycles. The summed E-state index contributed by atoms with van der Waals surface area (Å²) in [4.78, 5) is 25.9. The van der Waals surface area contributed by atoms with Crippen molar-refractivity contribution < 1.29 is 19.1 Å². The van der Waals surface area contributed by atoms with Gasteiger partial charge in [0.2, 0.25) is 0 Å². The molecule has 1 heterocycles. The van der Waals surface area contributed by atoms with E-state index in [9.17, 15) is 9.59 Å². The van der Waals surface area contributed by atoms with Crippen molar-refractivity contribution >= 4 is 35.3 Å². The summed E-state index contributed by atoms with van der Waals surface area (Å²) in [5, 5.41) is 2.94. The smallest absolute Gasteiger partial charge is 0.333 e. The van der Waals surface area contributed by atoms with E-state index in [0.29, 0.717) is 34.4 Å². The van der Waals surface area contributed by atoms with E-state index in [-0.39, 0.29) is 5.70 Å². The lowest BCUT2D eigenvalue weighted by Crippen LogP contribution is -2.30. The fourth-order valence-corrected chi connectivity index (χ4v) is 2.89. The van der Waals surface area contributed by atoms with Crippen molar-refractivity contribution in [3.63, 3.8) is 0 Å². The van der Waals surface area contributed by atoms with Gasteiger partial charge in [-0.05, 0) is 42.8 Å². The highest BCUT2D eigenvalue weighted by atomic mass is 35.5. The molecule has 26 heavy (non-hydrogen) atoms. The Hall–Kier alpha value is -2.99. The number of amides is 3. The summed E-state index contributed by atoms with van der Waals surface area (Å²) in [6.45, 7) is 2.29. The molecule has 0 radical (unpaired) electrons. The molecule has 2 aromatic carbocycles. The number of carbonyl (C=O) groups is 2. The number of carbonyl (C=O) groups excluding carboxylic acids is 2. The van der Waals surface area contributed by atoms with E-state index in [4.69, 9.17) is 21.1 Å². The number of hydrogen-bond donors (Lipinski definition) is 1. The molecule has 1 aliphatic heterocycles. The predicted octanol–water partition coefficient (Wildman–Crippen LogP) is 3.84. The van der Waals surface area contributed by atoms with Crippen LogP contribution in [-0.4, -0.2) is 25.7 Å². The molecular weight excluding hydrogens is 356 g/mol. The lowest BCUT2D eigenvalue weighted by atomic mass is 10.1. The van der Waals surface area contributed by atoms with E-state index in [1.54, 1.807) is 42.5 Å². The van der Waals surface area contributed by atoms with E-state index >= 15 is 0 Å². The Labute approximate surface area is 156 Å². The summed E-state index contributed by atoms with van der Waals surface area (Å²) >= 11 is 6.25. The molecule has 0 bridgehead atoms. The summed E-state index contributed by atoms with van der Waals surface area (Å²) in [6, 6.07) is 11.5. The largest absolute Gasteiger partial charge is 0.493 e. The highest BCUT2D eigenvalue weighted by Gasteiger charge is 2.34. The zero-order valence-corrected chi connectivity index (χ0v) is 15.0. The topological polar surface area (TPSA) is 67.9 Å². The maximum absolute atomic E-state index is 12.6. The minimum atomic E-state index is -0.503. The number of nitrogens with zero attached hydrogens (tertiary/aromatic N) is 1. The second kappa shape index (κ2) is 7.49. The predicted molar refractivity (Wildman–Crippen MR) is 99.6 cm³/mol. The maximum atomic E-state index is 12.6. The number of methoxy groups -OCH3 is 1. The summed E-state index contributed by atoms with van der Waals surface area (Å²) in [7, 11) is 1.50. The van der Waals surface area contributed by atoms with Crippen LogP contribution in [-0.2, 0) is 4.79 Å². The number of ether oxygens (including phenoxy) is 2.